The van der Waals surface area contributed by atoms with Gasteiger partial charge in [-0.3, -0.25) is 0 Å². The van der Waals surface area contributed by atoms with E-state index >= 15 is 0 Å². The van der Waals surface area contributed by atoms with Gasteiger partial charge in [0.25, 0.3) is 0 Å². The largest absolute Gasteiger partial charge is 0.396 e. The van der Waals surface area contributed by atoms with Crippen LogP contribution in [0.5, 0.6) is 0 Å². The van der Waals surface area contributed by atoms with E-state index in [1.165, 1.54) is 6.07 Å². The number of nitrogens with zero attached hydrogens (tertiary/aromatic N) is 1. The topological polar surface area (TPSA) is 52.9 Å². The van der Waals surface area contributed by atoms with Crippen molar-refractivity contribution in [2.24, 2.45) is 5.92 Å². The number of benzene rings is 1. The van der Waals surface area contributed by atoms with E-state index in [0.29, 0.717) is 18.0 Å². The van der Waals surface area contributed by atoms with Crippen LogP contribution < -0.4 is 0 Å². The molecule has 0 aromatic heterocycles. The number of aliphatic hydroxyl groups excluding tert-OH is 2. The highest BCUT2D eigenvalue weighted by atomic mass is 19.1. The van der Waals surface area contributed by atoms with E-state index in [9.17, 15) is 9.50 Å². The number of halogens is 1. The number of hydrogen-bond donors (Lipinski definition) is 2. The van der Waals surface area contributed by atoms with Gasteiger partial charge in [0.05, 0.1) is 19.3 Å². The Morgan fingerprint density at radius 3 is 2.95 bits per heavy atom. The number of piperidine rings is 1. The molecular formula is C17H26FNO3. The van der Waals surface area contributed by atoms with Crippen LogP contribution in [0.15, 0.2) is 24.3 Å². The summed E-state index contributed by atoms with van der Waals surface area (Å²) in [6, 6.07) is 6.51. The molecule has 1 fully saturated rings. The summed E-state index contributed by atoms with van der Waals surface area (Å²) in [5, 5.41) is 19.1. The monoisotopic (exact) mass is 311 g/mol. The molecule has 1 aliphatic rings. The molecule has 0 aliphatic carbocycles. The SMILES string of the molecule is OCC[C@@H]1CCCN(C[C@@H](O)COCc2ccccc2F)C1. The van der Waals surface area contributed by atoms with Crippen LogP contribution in [0.1, 0.15) is 24.8 Å². The average Bonchev–Trinajstić information content (AvgIpc) is 2.50. The summed E-state index contributed by atoms with van der Waals surface area (Å²) in [5.41, 5.74) is 0.510. The van der Waals surface area contributed by atoms with Gasteiger partial charge in [-0.05, 0) is 37.8 Å². The molecule has 0 saturated carbocycles. The molecule has 2 N–H and O–H groups in total. The van der Waals surface area contributed by atoms with Crippen LogP contribution in [0, 0.1) is 11.7 Å². The fraction of sp³-hybridized carbons (Fsp3) is 0.647. The summed E-state index contributed by atoms with van der Waals surface area (Å²) in [6.07, 6.45) is 2.51. The Bertz CT molecular complexity index is 442. The second-order valence-corrected chi connectivity index (χ2v) is 6.04. The van der Waals surface area contributed by atoms with Crippen molar-refractivity contribution in [2.75, 3.05) is 32.8 Å². The minimum absolute atomic E-state index is 0.177. The van der Waals surface area contributed by atoms with Crippen molar-refractivity contribution in [1.82, 2.24) is 4.90 Å². The van der Waals surface area contributed by atoms with Gasteiger partial charge in [0.15, 0.2) is 0 Å². The Morgan fingerprint density at radius 2 is 2.18 bits per heavy atom. The first-order valence-electron chi connectivity index (χ1n) is 8.01. The van der Waals surface area contributed by atoms with E-state index < -0.39 is 6.10 Å². The van der Waals surface area contributed by atoms with Gasteiger partial charge in [0.2, 0.25) is 0 Å². The number of likely N-dealkylation sites (tertiary alicyclic amines) is 1. The molecule has 1 saturated heterocycles. The van der Waals surface area contributed by atoms with Gasteiger partial charge in [0.1, 0.15) is 5.82 Å². The molecule has 124 valence electrons. The van der Waals surface area contributed by atoms with Crippen LogP contribution in [0.25, 0.3) is 0 Å². The molecule has 1 heterocycles. The molecule has 2 rings (SSSR count). The maximum Gasteiger partial charge on any atom is 0.128 e. The lowest BCUT2D eigenvalue weighted by Crippen LogP contribution is -2.41. The van der Waals surface area contributed by atoms with Crippen molar-refractivity contribution in [3.8, 4) is 0 Å². The normalized spacial score (nSPS) is 21.0. The van der Waals surface area contributed by atoms with E-state index in [0.717, 1.165) is 32.4 Å². The number of β-amino-alcohol motifs (C(OH)–C–C–N with tert-alkyl or cyclic N) is 1. The number of hydrogen-bond acceptors (Lipinski definition) is 4. The van der Waals surface area contributed by atoms with E-state index in [4.69, 9.17) is 9.84 Å². The average molecular weight is 311 g/mol. The van der Waals surface area contributed by atoms with Crippen LogP contribution >= 0.6 is 0 Å². The van der Waals surface area contributed by atoms with Gasteiger partial charge in [-0.2, -0.15) is 0 Å². The highest BCUT2D eigenvalue weighted by Crippen LogP contribution is 2.19. The van der Waals surface area contributed by atoms with Crippen molar-refractivity contribution in [2.45, 2.75) is 32.0 Å². The Kier molecular flexibility index (Phi) is 7.25. The Morgan fingerprint density at radius 1 is 1.36 bits per heavy atom. The standard InChI is InChI=1S/C17H26FNO3/c18-17-6-2-1-5-15(17)12-22-13-16(21)11-19-8-3-4-14(10-19)7-9-20/h1-2,5-6,14,16,20-21H,3-4,7-13H2/t14-,16+/m0/s1. The Hall–Kier alpha value is -1.01. The third-order valence-corrected chi connectivity index (χ3v) is 4.14. The summed E-state index contributed by atoms with van der Waals surface area (Å²) in [4.78, 5) is 2.22. The summed E-state index contributed by atoms with van der Waals surface area (Å²) in [6.45, 7) is 3.08. The molecule has 5 heteroatoms. The fourth-order valence-electron chi connectivity index (χ4n) is 3.01. The van der Waals surface area contributed by atoms with Gasteiger partial charge in [0, 0.05) is 25.3 Å². The van der Waals surface area contributed by atoms with Crippen LogP contribution in [-0.2, 0) is 11.3 Å². The van der Waals surface area contributed by atoms with Gasteiger partial charge in [-0.15, -0.1) is 0 Å². The van der Waals surface area contributed by atoms with Gasteiger partial charge in [-0.25, -0.2) is 4.39 Å². The second kappa shape index (κ2) is 9.20. The summed E-state index contributed by atoms with van der Waals surface area (Å²) < 4.78 is 18.9. The summed E-state index contributed by atoms with van der Waals surface area (Å²) >= 11 is 0. The lowest BCUT2D eigenvalue weighted by Gasteiger charge is -2.33. The molecule has 1 aliphatic heterocycles. The second-order valence-electron chi connectivity index (χ2n) is 6.04. The summed E-state index contributed by atoms with van der Waals surface area (Å²) in [7, 11) is 0. The quantitative estimate of drug-likeness (QED) is 0.769. The van der Waals surface area contributed by atoms with E-state index in [1.807, 2.05) is 0 Å². The molecule has 1 aromatic rings. The van der Waals surface area contributed by atoms with Crippen molar-refractivity contribution >= 4 is 0 Å². The maximum atomic E-state index is 13.4. The van der Waals surface area contributed by atoms with Gasteiger partial charge >= 0.3 is 0 Å². The van der Waals surface area contributed by atoms with E-state index in [-0.39, 0.29) is 25.6 Å². The highest BCUT2D eigenvalue weighted by Gasteiger charge is 2.21. The Balaban J connectivity index is 1.67. The third kappa shape index (κ3) is 5.65. The molecule has 0 bridgehead atoms. The van der Waals surface area contributed by atoms with E-state index in [2.05, 4.69) is 4.90 Å². The third-order valence-electron chi connectivity index (χ3n) is 4.14. The first kappa shape index (κ1) is 17.3. The number of rotatable bonds is 8. The molecule has 1 aromatic carbocycles. The number of ether oxygens (including phenoxy) is 1. The van der Waals surface area contributed by atoms with Crippen molar-refractivity contribution in [3.63, 3.8) is 0 Å². The molecular weight excluding hydrogens is 285 g/mol. The lowest BCUT2D eigenvalue weighted by molar-refractivity contribution is 0.00136. The highest BCUT2D eigenvalue weighted by molar-refractivity contribution is 5.16. The van der Waals surface area contributed by atoms with Crippen LogP contribution in [0.3, 0.4) is 0 Å². The zero-order chi connectivity index (χ0) is 15.8. The molecule has 4 nitrogen and oxygen atoms in total. The molecule has 2 atom stereocenters. The van der Waals surface area contributed by atoms with Crippen molar-refractivity contribution in [1.29, 1.82) is 0 Å². The first-order valence-corrected chi connectivity index (χ1v) is 8.01. The first-order chi connectivity index (χ1) is 10.7. The zero-order valence-corrected chi connectivity index (χ0v) is 13.0. The predicted molar refractivity (Wildman–Crippen MR) is 82.9 cm³/mol. The number of aliphatic hydroxyl groups is 2. The molecule has 0 amide bonds. The van der Waals surface area contributed by atoms with Crippen molar-refractivity contribution < 1.29 is 19.3 Å². The predicted octanol–water partition coefficient (Wildman–Crippen LogP) is 1.80. The van der Waals surface area contributed by atoms with Gasteiger partial charge in [-0.1, -0.05) is 18.2 Å². The van der Waals surface area contributed by atoms with Crippen LogP contribution in [-0.4, -0.2) is 54.1 Å². The minimum atomic E-state index is -0.570. The van der Waals surface area contributed by atoms with Crippen LogP contribution in [0.4, 0.5) is 4.39 Å². The smallest absolute Gasteiger partial charge is 0.128 e. The molecule has 22 heavy (non-hydrogen) atoms. The molecule has 0 spiro atoms. The van der Waals surface area contributed by atoms with Gasteiger partial charge < -0.3 is 19.8 Å². The lowest BCUT2D eigenvalue weighted by atomic mass is 9.95. The van der Waals surface area contributed by atoms with E-state index in [1.54, 1.807) is 18.2 Å². The summed E-state index contributed by atoms with van der Waals surface area (Å²) in [5.74, 6) is 0.241. The molecule has 0 unspecified atom stereocenters. The maximum absolute atomic E-state index is 13.4. The zero-order valence-electron chi connectivity index (χ0n) is 13.0. The Labute approximate surface area is 131 Å². The fourth-order valence-corrected chi connectivity index (χ4v) is 3.01. The molecule has 0 radical (unpaired) electrons. The van der Waals surface area contributed by atoms with Crippen molar-refractivity contribution in [3.05, 3.63) is 35.6 Å². The van der Waals surface area contributed by atoms with Crippen LogP contribution in [0.2, 0.25) is 0 Å². The minimum Gasteiger partial charge on any atom is -0.396 e.